The molecule has 0 fully saturated rings. The van der Waals surface area contributed by atoms with E-state index >= 15 is 0 Å². The van der Waals surface area contributed by atoms with Crippen molar-refractivity contribution in [3.63, 3.8) is 0 Å². The minimum atomic E-state index is -0.542. The van der Waals surface area contributed by atoms with Crippen LogP contribution in [0.25, 0.3) is 0 Å². The molecular formula is C51H90O5. The number of unbranched alkanes of at least 4 members (excludes halogenated alkanes) is 22. The molecule has 0 saturated carbocycles. The Morgan fingerprint density at radius 2 is 0.804 bits per heavy atom. The van der Waals surface area contributed by atoms with Gasteiger partial charge in [-0.1, -0.05) is 191 Å². The van der Waals surface area contributed by atoms with Crippen LogP contribution in [0.15, 0.2) is 60.8 Å². The fraction of sp³-hybridized carbons (Fsp3) is 0.765. The minimum absolute atomic E-state index is 0.0739. The molecule has 0 saturated heterocycles. The van der Waals surface area contributed by atoms with Crippen molar-refractivity contribution < 1.29 is 23.8 Å². The largest absolute Gasteiger partial charge is 0.462 e. The van der Waals surface area contributed by atoms with Gasteiger partial charge in [0.1, 0.15) is 6.61 Å². The Balaban J connectivity index is 4.16. The first kappa shape index (κ1) is 53.6. The number of hydrogen-bond acceptors (Lipinski definition) is 5. The number of ether oxygens (including phenoxy) is 3. The summed E-state index contributed by atoms with van der Waals surface area (Å²) in [6.45, 7) is 7.63. The van der Waals surface area contributed by atoms with E-state index in [0.717, 1.165) is 77.0 Å². The van der Waals surface area contributed by atoms with Gasteiger partial charge in [0.25, 0.3) is 0 Å². The smallest absolute Gasteiger partial charge is 0.306 e. The molecule has 0 rings (SSSR count). The average Bonchev–Trinajstić information content (AvgIpc) is 3.20. The van der Waals surface area contributed by atoms with Crippen LogP contribution < -0.4 is 0 Å². The topological polar surface area (TPSA) is 61.8 Å². The molecule has 0 aromatic heterocycles. The number of hydrogen-bond donors (Lipinski definition) is 0. The second-order valence-corrected chi connectivity index (χ2v) is 15.6. The van der Waals surface area contributed by atoms with Crippen molar-refractivity contribution in [2.24, 2.45) is 0 Å². The molecule has 1 unspecified atom stereocenters. The van der Waals surface area contributed by atoms with E-state index in [1.807, 2.05) is 0 Å². The average molecular weight is 783 g/mol. The van der Waals surface area contributed by atoms with Gasteiger partial charge >= 0.3 is 11.9 Å². The lowest BCUT2D eigenvalue weighted by Crippen LogP contribution is -2.30. The fourth-order valence-electron chi connectivity index (χ4n) is 6.49. The van der Waals surface area contributed by atoms with Crippen LogP contribution in [0.4, 0.5) is 0 Å². The summed E-state index contributed by atoms with van der Waals surface area (Å²) in [5.41, 5.74) is 0. The molecule has 0 aromatic carbocycles. The number of carbonyl (C=O) groups is 2. The third kappa shape index (κ3) is 44.3. The van der Waals surface area contributed by atoms with Crippen LogP contribution >= 0.6 is 0 Å². The van der Waals surface area contributed by atoms with Crippen molar-refractivity contribution in [3.05, 3.63) is 60.8 Å². The van der Waals surface area contributed by atoms with Crippen molar-refractivity contribution >= 4 is 11.9 Å². The number of rotatable bonds is 43. The van der Waals surface area contributed by atoms with Crippen molar-refractivity contribution in [3.8, 4) is 0 Å². The van der Waals surface area contributed by atoms with Crippen LogP contribution in [0.1, 0.15) is 226 Å². The van der Waals surface area contributed by atoms with Crippen molar-refractivity contribution in [2.45, 2.75) is 232 Å². The Morgan fingerprint density at radius 3 is 1.32 bits per heavy atom. The van der Waals surface area contributed by atoms with Crippen LogP contribution in [0.5, 0.6) is 0 Å². The van der Waals surface area contributed by atoms with E-state index < -0.39 is 6.10 Å². The summed E-state index contributed by atoms with van der Waals surface area (Å²) in [5, 5.41) is 0. The Labute approximate surface area is 347 Å². The molecule has 324 valence electrons. The summed E-state index contributed by atoms with van der Waals surface area (Å²) in [5.74, 6) is -0.424. The molecule has 0 aliphatic carbocycles. The van der Waals surface area contributed by atoms with E-state index in [1.165, 1.54) is 116 Å². The predicted octanol–water partition coefficient (Wildman–Crippen LogP) is 15.8. The van der Waals surface area contributed by atoms with Crippen LogP contribution in [0.2, 0.25) is 0 Å². The second-order valence-electron chi connectivity index (χ2n) is 15.6. The van der Waals surface area contributed by atoms with Crippen molar-refractivity contribution in [1.29, 1.82) is 0 Å². The van der Waals surface area contributed by atoms with Crippen molar-refractivity contribution in [1.82, 2.24) is 0 Å². The van der Waals surface area contributed by atoms with E-state index in [-0.39, 0.29) is 25.2 Å². The maximum Gasteiger partial charge on any atom is 0.306 e. The van der Waals surface area contributed by atoms with Gasteiger partial charge in [-0.05, 0) is 83.5 Å². The van der Waals surface area contributed by atoms with E-state index in [9.17, 15) is 9.59 Å². The molecule has 56 heavy (non-hydrogen) atoms. The van der Waals surface area contributed by atoms with Gasteiger partial charge in [-0.3, -0.25) is 9.59 Å². The molecule has 0 bridgehead atoms. The maximum absolute atomic E-state index is 12.6. The summed E-state index contributed by atoms with van der Waals surface area (Å²) in [4.78, 5) is 25.2. The molecule has 0 aromatic rings. The van der Waals surface area contributed by atoms with Gasteiger partial charge in [-0.25, -0.2) is 0 Å². The standard InChI is InChI=1S/C51H90O5/c1-4-7-10-13-16-18-20-22-24-25-26-28-30-32-34-37-40-43-46-54-47-49(56-51(53)45-42-39-35-15-12-9-6-3)48-55-50(52)44-41-38-36-33-31-29-27-23-21-19-17-14-11-8-5-2/h8,11,16-19,22-24,27,49H,4-7,9-10,12-15,20-21,25-26,28-48H2,1-3H3/b11-8-,18-16-,19-17-,24-22-,27-23-. The summed E-state index contributed by atoms with van der Waals surface area (Å²) >= 11 is 0. The van der Waals surface area contributed by atoms with Gasteiger partial charge in [0, 0.05) is 19.4 Å². The Kier molecular flexibility index (Phi) is 45.0. The first-order chi connectivity index (χ1) is 27.6. The zero-order valence-corrected chi connectivity index (χ0v) is 37.1. The van der Waals surface area contributed by atoms with Gasteiger partial charge in [0.05, 0.1) is 6.61 Å². The highest BCUT2D eigenvalue weighted by atomic mass is 16.6. The Morgan fingerprint density at radius 1 is 0.411 bits per heavy atom. The molecule has 0 aliphatic heterocycles. The minimum Gasteiger partial charge on any atom is -0.462 e. The molecule has 0 N–H and O–H groups in total. The third-order valence-corrected chi connectivity index (χ3v) is 10.0. The fourth-order valence-corrected chi connectivity index (χ4v) is 6.49. The summed E-state index contributed by atoms with van der Waals surface area (Å²) in [7, 11) is 0. The molecule has 0 aliphatic rings. The monoisotopic (exact) mass is 783 g/mol. The number of esters is 2. The van der Waals surface area contributed by atoms with E-state index in [2.05, 4.69) is 81.5 Å². The molecule has 0 radical (unpaired) electrons. The second kappa shape index (κ2) is 47.0. The first-order valence-corrected chi connectivity index (χ1v) is 23.8. The van der Waals surface area contributed by atoms with Gasteiger partial charge in [-0.15, -0.1) is 0 Å². The summed E-state index contributed by atoms with van der Waals surface area (Å²) in [6.07, 6.45) is 58.0. The molecule has 5 nitrogen and oxygen atoms in total. The van der Waals surface area contributed by atoms with E-state index in [4.69, 9.17) is 14.2 Å². The van der Waals surface area contributed by atoms with Crippen LogP contribution in [0, 0.1) is 0 Å². The maximum atomic E-state index is 12.6. The van der Waals surface area contributed by atoms with Crippen LogP contribution in [-0.4, -0.2) is 37.9 Å². The summed E-state index contributed by atoms with van der Waals surface area (Å²) in [6, 6.07) is 0. The zero-order valence-electron chi connectivity index (χ0n) is 37.1. The molecule has 0 spiro atoms. The Bertz CT molecular complexity index is 977. The molecule has 0 heterocycles. The van der Waals surface area contributed by atoms with E-state index in [1.54, 1.807) is 0 Å². The zero-order chi connectivity index (χ0) is 40.7. The lowest BCUT2D eigenvalue weighted by atomic mass is 10.1. The lowest BCUT2D eigenvalue weighted by Gasteiger charge is -2.18. The summed E-state index contributed by atoms with van der Waals surface area (Å²) < 4.78 is 17.3. The molecular weight excluding hydrogens is 693 g/mol. The number of carbonyl (C=O) groups excluding carboxylic acids is 2. The van der Waals surface area contributed by atoms with Gasteiger partial charge in [0.15, 0.2) is 6.10 Å². The molecule has 1 atom stereocenters. The van der Waals surface area contributed by atoms with Crippen LogP contribution in [-0.2, 0) is 23.8 Å². The highest BCUT2D eigenvalue weighted by Gasteiger charge is 2.17. The SMILES string of the molecule is CC/C=C\C/C=C\C/C=C\CCCCCCCC(=O)OCC(COCCCCCCCCCC/C=C\C/C=C\CCCCC)OC(=O)CCCCCCCCC. The third-order valence-electron chi connectivity index (χ3n) is 10.0. The quantitative estimate of drug-likeness (QED) is 0.0350. The lowest BCUT2D eigenvalue weighted by molar-refractivity contribution is -0.163. The molecule has 5 heteroatoms. The van der Waals surface area contributed by atoms with Gasteiger partial charge < -0.3 is 14.2 Å². The van der Waals surface area contributed by atoms with Crippen LogP contribution in [0.3, 0.4) is 0 Å². The highest BCUT2D eigenvalue weighted by Crippen LogP contribution is 2.13. The van der Waals surface area contributed by atoms with Gasteiger partial charge in [0.2, 0.25) is 0 Å². The van der Waals surface area contributed by atoms with Crippen molar-refractivity contribution in [2.75, 3.05) is 19.8 Å². The predicted molar refractivity (Wildman–Crippen MR) is 242 cm³/mol. The Hall–Kier alpha value is -2.40. The van der Waals surface area contributed by atoms with Gasteiger partial charge in [-0.2, -0.15) is 0 Å². The highest BCUT2D eigenvalue weighted by molar-refractivity contribution is 5.70. The number of allylic oxidation sites excluding steroid dienone is 10. The normalized spacial score (nSPS) is 12.7. The first-order valence-electron chi connectivity index (χ1n) is 23.8. The molecule has 0 amide bonds. The van der Waals surface area contributed by atoms with E-state index in [0.29, 0.717) is 19.4 Å².